The van der Waals surface area contributed by atoms with E-state index >= 15 is 0 Å². The molecule has 0 aromatic carbocycles. The summed E-state index contributed by atoms with van der Waals surface area (Å²) in [4.78, 5) is 4.06. The van der Waals surface area contributed by atoms with E-state index in [0.717, 1.165) is 15.9 Å². The average molecular weight is 241 g/mol. The summed E-state index contributed by atoms with van der Waals surface area (Å²) in [5.74, 6) is 1.29. The number of hydrogen-bond donors (Lipinski definition) is 0. The highest BCUT2D eigenvalue weighted by molar-refractivity contribution is 9.10. The lowest BCUT2D eigenvalue weighted by molar-refractivity contribution is 0.754. The lowest BCUT2D eigenvalue weighted by atomic mass is 10.2. The molecule has 0 N–H and O–H groups in total. The summed E-state index contributed by atoms with van der Waals surface area (Å²) in [5.41, 5.74) is 0.818. The minimum atomic E-state index is 0.353. The van der Waals surface area contributed by atoms with E-state index in [1.807, 2.05) is 4.40 Å². The van der Waals surface area contributed by atoms with Crippen LogP contribution in [0.25, 0.3) is 5.65 Å². The van der Waals surface area contributed by atoms with Gasteiger partial charge in [-0.1, -0.05) is 13.8 Å². The van der Waals surface area contributed by atoms with Crippen LogP contribution in [0.1, 0.15) is 25.6 Å². The summed E-state index contributed by atoms with van der Waals surface area (Å²) in [6, 6.07) is 0. The molecule has 2 aromatic rings. The highest BCUT2D eigenvalue weighted by atomic mass is 79.9. The fraction of sp³-hybridized carbons (Fsp3) is 0.375. The first-order valence-electron chi connectivity index (χ1n) is 4.04. The van der Waals surface area contributed by atoms with Gasteiger partial charge in [0.25, 0.3) is 0 Å². The van der Waals surface area contributed by atoms with Crippen molar-refractivity contribution >= 4 is 21.6 Å². The van der Waals surface area contributed by atoms with Crippen LogP contribution >= 0.6 is 15.9 Å². The number of hydrogen-bond acceptors (Lipinski definition) is 3. The van der Waals surface area contributed by atoms with E-state index in [0.29, 0.717) is 5.92 Å². The summed E-state index contributed by atoms with van der Waals surface area (Å²) in [5, 5.41) is 8.16. The molecule has 2 heterocycles. The zero-order valence-electron chi connectivity index (χ0n) is 7.40. The first-order valence-corrected chi connectivity index (χ1v) is 4.83. The standard InChI is InChI=1S/C8H9BrN4/c1-5(2)7-11-12-8-6(9)3-10-4-13(7)8/h3-5H,1-2H3. The molecule has 0 amide bonds. The van der Waals surface area contributed by atoms with Crippen LogP contribution in [-0.4, -0.2) is 19.6 Å². The van der Waals surface area contributed by atoms with Gasteiger partial charge in [-0.2, -0.15) is 0 Å². The molecule has 0 fully saturated rings. The van der Waals surface area contributed by atoms with Gasteiger partial charge < -0.3 is 0 Å². The third-order valence-electron chi connectivity index (χ3n) is 1.82. The second kappa shape index (κ2) is 3.06. The van der Waals surface area contributed by atoms with Gasteiger partial charge in [0.2, 0.25) is 0 Å². The monoisotopic (exact) mass is 240 g/mol. The van der Waals surface area contributed by atoms with E-state index in [9.17, 15) is 0 Å². The molecule has 2 aromatic heterocycles. The van der Waals surface area contributed by atoms with Crippen LogP contribution in [0.15, 0.2) is 17.0 Å². The summed E-state index contributed by atoms with van der Waals surface area (Å²) in [6.45, 7) is 4.16. The summed E-state index contributed by atoms with van der Waals surface area (Å²) < 4.78 is 2.77. The fourth-order valence-electron chi connectivity index (χ4n) is 1.20. The third-order valence-corrected chi connectivity index (χ3v) is 2.38. The Kier molecular flexibility index (Phi) is 2.03. The van der Waals surface area contributed by atoms with E-state index < -0.39 is 0 Å². The second-order valence-corrected chi connectivity index (χ2v) is 4.00. The molecule has 0 radical (unpaired) electrons. The maximum absolute atomic E-state index is 4.10. The number of fused-ring (bicyclic) bond motifs is 1. The largest absolute Gasteiger partial charge is 0.268 e. The average Bonchev–Trinajstić information content (AvgIpc) is 2.48. The van der Waals surface area contributed by atoms with Crippen LogP contribution in [0.2, 0.25) is 0 Å². The quantitative estimate of drug-likeness (QED) is 0.766. The molecule has 0 saturated carbocycles. The molecule has 0 spiro atoms. The van der Waals surface area contributed by atoms with E-state index in [4.69, 9.17) is 0 Å². The molecular weight excluding hydrogens is 232 g/mol. The molecule has 13 heavy (non-hydrogen) atoms. The molecule has 0 atom stereocenters. The van der Waals surface area contributed by atoms with Crippen molar-refractivity contribution in [3.8, 4) is 0 Å². The Morgan fingerprint density at radius 3 is 2.85 bits per heavy atom. The fourth-order valence-corrected chi connectivity index (χ4v) is 1.59. The van der Waals surface area contributed by atoms with Crippen molar-refractivity contribution in [2.24, 2.45) is 0 Å². The Morgan fingerprint density at radius 1 is 1.38 bits per heavy atom. The third kappa shape index (κ3) is 1.33. The van der Waals surface area contributed by atoms with Crippen molar-refractivity contribution in [3.05, 3.63) is 22.8 Å². The van der Waals surface area contributed by atoms with Crippen LogP contribution in [0, 0.1) is 0 Å². The molecule has 0 aliphatic carbocycles. The van der Waals surface area contributed by atoms with Crippen molar-refractivity contribution in [3.63, 3.8) is 0 Å². The van der Waals surface area contributed by atoms with Crippen molar-refractivity contribution in [1.29, 1.82) is 0 Å². The van der Waals surface area contributed by atoms with Crippen LogP contribution in [0.3, 0.4) is 0 Å². The van der Waals surface area contributed by atoms with Gasteiger partial charge in [0.15, 0.2) is 5.65 Å². The van der Waals surface area contributed by atoms with Crippen LogP contribution < -0.4 is 0 Å². The Morgan fingerprint density at radius 2 is 2.15 bits per heavy atom. The molecule has 2 rings (SSSR count). The maximum Gasteiger partial charge on any atom is 0.177 e. The Labute approximate surface area is 84.1 Å². The van der Waals surface area contributed by atoms with E-state index in [2.05, 4.69) is 45.0 Å². The Balaban J connectivity index is 2.75. The van der Waals surface area contributed by atoms with Gasteiger partial charge in [0.1, 0.15) is 12.2 Å². The van der Waals surface area contributed by atoms with Crippen LogP contribution in [0.4, 0.5) is 0 Å². The zero-order valence-corrected chi connectivity index (χ0v) is 8.98. The highest BCUT2D eigenvalue weighted by Crippen LogP contribution is 2.18. The van der Waals surface area contributed by atoms with Gasteiger partial charge in [0, 0.05) is 12.1 Å². The highest BCUT2D eigenvalue weighted by Gasteiger charge is 2.10. The predicted octanol–water partition coefficient (Wildman–Crippen LogP) is 2.01. The zero-order chi connectivity index (χ0) is 9.42. The number of halogens is 1. The first-order chi connectivity index (χ1) is 6.20. The summed E-state index contributed by atoms with van der Waals surface area (Å²) in [7, 11) is 0. The van der Waals surface area contributed by atoms with Gasteiger partial charge in [-0.15, -0.1) is 10.2 Å². The van der Waals surface area contributed by atoms with E-state index in [1.165, 1.54) is 0 Å². The topological polar surface area (TPSA) is 43.1 Å². The minimum Gasteiger partial charge on any atom is -0.268 e. The van der Waals surface area contributed by atoms with Crippen molar-refractivity contribution in [2.45, 2.75) is 19.8 Å². The smallest absolute Gasteiger partial charge is 0.177 e. The molecule has 0 unspecified atom stereocenters. The molecule has 4 nitrogen and oxygen atoms in total. The lowest BCUT2D eigenvalue weighted by Gasteiger charge is -2.01. The van der Waals surface area contributed by atoms with Crippen LogP contribution in [-0.2, 0) is 0 Å². The molecule has 0 bridgehead atoms. The number of aromatic nitrogens is 4. The van der Waals surface area contributed by atoms with Gasteiger partial charge in [-0.3, -0.25) is 4.40 Å². The Bertz CT molecular complexity index is 435. The van der Waals surface area contributed by atoms with Gasteiger partial charge in [-0.05, 0) is 15.9 Å². The lowest BCUT2D eigenvalue weighted by Crippen LogP contribution is -1.97. The minimum absolute atomic E-state index is 0.353. The van der Waals surface area contributed by atoms with Crippen molar-refractivity contribution < 1.29 is 0 Å². The molecule has 0 saturated heterocycles. The van der Waals surface area contributed by atoms with E-state index in [1.54, 1.807) is 12.5 Å². The SMILES string of the molecule is CC(C)c1nnc2c(Br)cncn12. The summed E-state index contributed by atoms with van der Waals surface area (Å²) >= 11 is 3.37. The predicted molar refractivity (Wildman–Crippen MR) is 52.6 cm³/mol. The number of nitrogens with zero attached hydrogens (tertiary/aromatic N) is 4. The summed E-state index contributed by atoms with van der Waals surface area (Å²) in [6.07, 6.45) is 3.45. The molecule has 0 aliphatic heterocycles. The number of rotatable bonds is 1. The van der Waals surface area contributed by atoms with E-state index in [-0.39, 0.29) is 0 Å². The second-order valence-electron chi connectivity index (χ2n) is 3.15. The molecule has 5 heteroatoms. The maximum atomic E-state index is 4.10. The Hall–Kier alpha value is -0.970. The first kappa shape index (κ1) is 8.62. The van der Waals surface area contributed by atoms with Crippen molar-refractivity contribution in [1.82, 2.24) is 19.6 Å². The van der Waals surface area contributed by atoms with Crippen LogP contribution in [0.5, 0.6) is 0 Å². The van der Waals surface area contributed by atoms with Gasteiger partial charge in [-0.25, -0.2) is 4.98 Å². The van der Waals surface area contributed by atoms with Crippen molar-refractivity contribution in [2.75, 3.05) is 0 Å². The normalized spacial score (nSPS) is 11.4. The van der Waals surface area contributed by atoms with Gasteiger partial charge >= 0.3 is 0 Å². The molecule has 0 aliphatic rings. The molecular formula is C8H9BrN4. The van der Waals surface area contributed by atoms with Gasteiger partial charge in [0.05, 0.1) is 4.47 Å². The molecule has 68 valence electrons.